The fourth-order valence-electron chi connectivity index (χ4n) is 1.91. The Labute approximate surface area is 132 Å². The van der Waals surface area contributed by atoms with Crippen molar-refractivity contribution in [2.45, 2.75) is 18.2 Å². The van der Waals surface area contributed by atoms with Gasteiger partial charge in [0, 0.05) is 7.11 Å². The summed E-state index contributed by atoms with van der Waals surface area (Å²) in [5.74, 6) is 0.207. The van der Waals surface area contributed by atoms with Gasteiger partial charge < -0.3 is 14.6 Å². The Bertz CT molecular complexity index is 659. The number of carboxylic acid groups (broad SMARTS) is 1. The standard InChI is InChI=1S/C14H17N3O4S/c1-9(20-2)13-15-16-14(22-8-12(18)19)17(13)10-6-4-5-7-11(10)21-3/h4-7,9H,8H2,1-3H3,(H,18,19). The molecule has 7 nitrogen and oxygen atoms in total. The number of para-hydroxylation sites is 2. The highest BCUT2D eigenvalue weighted by Gasteiger charge is 2.21. The largest absolute Gasteiger partial charge is 0.495 e. The topological polar surface area (TPSA) is 86.5 Å². The van der Waals surface area contributed by atoms with E-state index in [1.807, 2.05) is 31.2 Å². The second-order valence-corrected chi connectivity index (χ2v) is 5.35. The summed E-state index contributed by atoms with van der Waals surface area (Å²) in [5, 5.41) is 17.6. The molecule has 8 heteroatoms. The average molecular weight is 323 g/mol. The molecule has 2 rings (SSSR count). The fourth-order valence-corrected chi connectivity index (χ4v) is 2.58. The summed E-state index contributed by atoms with van der Waals surface area (Å²) in [7, 11) is 3.16. The van der Waals surface area contributed by atoms with Crippen molar-refractivity contribution >= 4 is 17.7 Å². The molecular formula is C14H17N3O4S. The summed E-state index contributed by atoms with van der Waals surface area (Å²) < 4.78 is 12.5. The minimum atomic E-state index is -0.916. The quantitative estimate of drug-likeness (QED) is 0.781. The van der Waals surface area contributed by atoms with Gasteiger partial charge in [0.05, 0.1) is 18.6 Å². The molecule has 2 aromatic rings. The van der Waals surface area contributed by atoms with Crippen molar-refractivity contribution in [1.29, 1.82) is 0 Å². The van der Waals surface area contributed by atoms with Gasteiger partial charge in [0.2, 0.25) is 0 Å². The summed E-state index contributed by atoms with van der Waals surface area (Å²) in [6.07, 6.45) is -0.295. The van der Waals surface area contributed by atoms with Crippen molar-refractivity contribution in [3.8, 4) is 11.4 Å². The van der Waals surface area contributed by atoms with Crippen LogP contribution >= 0.6 is 11.8 Å². The zero-order chi connectivity index (χ0) is 16.1. The molecule has 1 heterocycles. The van der Waals surface area contributed by atoms with Crippen molar-refractivity contribution in [3.05, 3.63) is 30.1 Å². The molecule has 0 bridgehead atoms. The van der Waals surface area contributed by atoms with Crippen LogP contribution in [0.3, 0.4) is 0 Å². The van der Waals surface area contributed by atoms with Crippen LogP contribution in [-0.4, -0.2) is 45.8 Å². The lowest BCUT2D eigenvalue weighted by Crippen LogP contribution is -2.09. The highest BCUT2D eigenvalue weighted by molar-refractivity contribution is 7.99. The van der Waals surface area contributed by atoms with Crippen LogP contribution in [0.2, 0.25) is 0 Å². The molecule has 22 heavy (non-hydrogen) atoms. The summed E-state index contributed by atoms with van der Waals surface area (Å²) in [5.41, 5.74) is 0.738. The normalized spacial score (nSPS) is 12.1. The molecule has 1 atom stereocenters. The average Bonchev–Trinajstić information content (AvgIpc) is 2.95. The Morgan fingerprint density at radius 2 is 2.09 bits per heavy atom. The molecule has 0 radical (unpaired) electrons. The van der Waals surface area contributed by atoms with Gasteiger partial charge in [0.1, 0.15) is 11.9 Å². The Morgan fingerprint density at radius 3 is 2.73 bits per heavy atom. The van der Waals surface area contributed by atoms with Crippen LogP contribution in [0.5, 0.6) is 5.75 Å². The van der Waals surface area contributed by atoms with E-state index < -0.39 is 5.97 Å². The van der Waals surface area contributed by atoms with E-state index in [1.165, 1.54) is 0 Å². The van der Waals surface area contributed by atoms with Crippen LogP contribution in [0.1, 0.15) is 18.9 Å². The van der Waals surface area contributed by atoms with Gasteiger partial charge in [-0.2, -0.15) is 0 Å². The van der Waals surface area contributed by atoms with E-state index in [2.05, 4.69) is 10.2 Å². The smallest absolute Gasteiger partial charge is 0.313 e. The Kier molecular flexibility index (Phi) is 5.40. The molecule has 1 aromatic carbocycles. The van der Waals surface area contributed by atoms with Gasteiger partial charge in [-0.05, 0) is 19.1 Å². The van der Waals surface area contributed by atoms with Gasteiger partial charge >= 0.3 is 5.97 Å². The number of carbonyl (C=O) groups is 1. The van der Waals surface area contributed by atoms with Crippen LogP contribution in [0.15, 0.2) is 29.4 Å². The van der Waals surface area contributed by atoms with Gasteiger partial charge in [-0.1, -0.05) is 23.9 Å². The van der Waals surface area contributed by atoms with E-state index in [4.69, 9.17) is 14.6 Å². The number of rotatable bonds is 7. The van der Waals surface area contributed by atoms with Gasteiger partial charge in [-0.3, -0.25) is 9.36 Å². The highest BCUT2D eigenvalue weighted by Crippen LogP contribution is 2.31. The maximum atomic E-state index is 10.8. The summed E-state index contributed by atoms with van der Waals surface area (Å²) >= 11 is 1.10. The van der Waals surface area contributed by atoms with Crippen molar-refractivity contribution < 1.29 is 19.4 Å². The van der Waals surface area contributed by atoms with Crippen molar-refractivity contribution in [2.75, 3.05) is 20.0 Å². The third kappa shape index (κ3) is 3.40. The van der Waals surface area contributed by atoms with E-state index in [1.54, 1.807) is 18.8 Å². The maximum Gasteiger partial charge on any atom is 0.313 e. The number of benzene rings is 1. The van der Waals surface area contributed by atoms with E-state index in [-0.39, 0.29) is 11.9 Å². The zero-order valence-electron chi connectivity index (χ0n) is 12.5. The zero-order valence-corrected chi connectivity index (χ0v) is 13.3. The molecule has 1 aromatic heterocycles. The van der Waals surface area contributed by atoms with E-state index in [0.717, 1.165) is 17.4 Å². The third-order valence-electron chi connectivity index (χ3n) is 3.03. The molecule has 0 saturated carbocycles. The predicted octanol–water partition coefficient (Wildman–Crippen LogP) is 2.16. The monoisotopic (exact) mass is 323 g/mol. The van der Waals surface area contributed by atoms with E-state index >= 15 is 0 Å². The Balaban J connectivity index is 2.53. The first-order valence-corrected chi connectivity index (χ1v) is 7.53. The summed E-state index contributed by atoms with van der Waals surface area (Å²) in [6.45, 7) is 1.85. The van der Waals surface area contributed by atoms with Crippen LogP contribution < -0.4 is 4.74 Å². The molecule has 0 aliphatic carbocycles. The second kappa shape index (κ2) is 7.28. The minimum Gasteiger partial charge on any atom is -0.495 e. The van der Waals surface area contributed by atoms with E-state index in [9.17, 15) is 4.79 Å². The molecule has 0 amide bonds. The van der Waals surface area contributed by atoms with Crippen LogP contribution in [-0.2, 0) is 9.53 Å². The van der Waals surface area contributed by atoms with Crippen molar-refractivity contribution in [1.82, 2.24) is 14.8 Å². The second-order valence-electron chi connectivity index (χ2n) is 4.41. The van der Waals surface area contributed by atoms with Gasteiger partial charge in [0.15, 0.2) is 11.0 Å². The number of methoxy groups -OCH3 is 2. The first-order valence-electron chi connectivity index (χ1n) is 6.54. The first-order chi connectivity index (χ1) is 10.6. The molecular weight excluding hydrogens is 306 g/mol. The van der Waals surface area contributed by atoms with Crippen LogP contribution in [0.4, 0.5) is 0 Å². The lowest BCUT2D eigenvalue weighted by Gasteiger charge is -2.15. The molecule has 0 saturated heterocycles. The van der Waals surface area contributed by atoms with Crippen molar-refractivity contribution in [2.24, 2.45) is 0 Å². The lowest BCUT2D eigenvalue weighted by molar-refractivity contribution is -0.133. The van der Waals surface area contributed by atoms with E-state index in [0.29, 0.717) is 16.7 Å². The summed E-state index contributed by atoms with van der Waals surface area (Å²) in [4.78, 5) is 10.8. The summed E-state index contributed by atoms with van der Waals surface area (Å²) in [6, 6.07) is 7.40. The molecule has 1 N–H and O–H groups in total. The van der Waals surface area contributed by atoms with Gasteiger partial charge in [-0.25, -0.2) is 0 Å². The molecule has 0 aliphatic rings. The number of thioether (sulfide) groups is 1. The minimum absolute atomic E-state index is 0.103. The number of carboxylic acids is 1. The number of aromatic nitrogens is 3. The van der Waals surface area contributed by atoms with Gasteiger partial charge in [-0.15, -0.1) is 10.2 Å². The number of aliphatic carboxylic acids is 1. The van der Waals surface area contributed by atoms with Crippen molar-refractivity contribution in [3.63, 3.8) is 0 Å². The first kappa shape index (κ1) is 16.3. The highest BCUT2D eigenvalue weighted by atomic mass is 32.2. The predicted molar refractivity (Wildman–Crippen MR) is 81.7 cm³/mol. The number of ether oxygens (including phenoxy) is 2. The SMILES string of the molecule is COc1ccccc1-n1c(SCC(=O)O)nnc1C(C)OC. The fraction of sp³-hybridized carbons (Fsp3) is 0.357. The lowest BCUT2D eigenvalue weighted by atomic mass is 10.2. The van der Waals surface area contributed by atoms with Crippen LogP contribution in [0, 0.1) is 0 Å². The molecule has 0 spiro atoms. The number of hydrogen-bond donors (Lipinski definition) is 1. The van der Waals surface area contributed by atoms with Gasteiger partial charge in [0.25, 0.3) is 0 Å². The molecule has 118 valence electrons. The molecule has 0 aliphatic heterocycles. The third-order valence-corrected chi connectivity index (χ3v) is 3.94. The Morgan fingerprint density at radius 1 is 1.36 bits per heavy atom. The van der Waals surface area contributed by atoms with Crippen LogP contribution in [0.25, 0.3) is 5.69 Å². The molecule has 1 unspecified atom stereocenters. The number of nitrogens with zero attached hydrogens (tertiary/aromatic N) is 3. The Hall–Kier alpha value is -2.06. The maximum absolute atomic E-state index is 10.8. The molecule has 0 fully saturated rings. The number of hydrogen-bond acceptors (Lipinski definition) is 6.